The van der Waals surface area contributed by atoms with Crippen molar-refractivity contribution in [2.24, 2.45) is 5.73 Å². The number of carbonyl (C=O) groups excluding carboxylic acids is 1. The second-order valence-electron chi connectivity index (χ2n) is 5.73. The van der Waals surface area contributed by atoms with Crippen LogP contribution in [0.3, 0.4) is 0 Å². The molecule has 2 heterocycles. The summed E-state index contributed by atoms with van der Waals surface area (Å²) in [6.45, 7) is 6.04. The van der Waals surface area contributed by atoms with Crippen molar-refractivity contribution in [2.75, 3.05) is 5.32 Å². The third kappa shape index (κ3) is 2.98. The Labute approximate surface area is 133 Å². The minimum absolute atomic E-state index is 0.227. The predicted octanol–water partition coefficient (Wildman–Crippen LogP) is 2.63. The number of hydrogen-bond acceptors (Lipinski definition) is 5. The summed E-state index contributed by atoms with van der Waals surface area (Å²) in [5.74, 6) is 1.18. The van der Waals surface area contributed by atoms with Crippen LogP contribution >= 0.6 is 0 Å². The van der Waals surface area contributed by atoms with E-state index < -0.39 is 5.91 Å². The van der Waals surface area contributed by atoms with Gasteiger partial charge in [-0.3, -0.25) is 9.89 Å². The number of H-pyrrole nitrogens is 1. The van der Waals surface area contributed by atoms with Crippen LogP contribution in [0, 0.1) is 6.92 Å². The van der Waals surface area contributed by atoms with Gasteiger partial charge in [0.25, 0.3) is 5.91 Å². The van der Waals surface area contributed by atoms with Crippen LogP contribution in [-0.4, -0.2) is 26.1 Å². The number of anilines is 2. The van der Waals surface area contributed by atoms with Crippen LogP contribution in [0.5, 0.6) is 0 Å². The number of nitrogens with one attached hydrogen (secondary N) is 2. The number of amides is 1. The highest BCUT2D eigenvalue weighted by Gasteiger charge is 2.12. The van der Waals surface area contributed by atoms with Crippen molar-refractivity contribution >= 4 is 28.3 Å². The van der Waals surface area contributed by atoms with Crippen LogP contribution in [0.2, 0.25) is 0 Å². The van der Waals surface area contributed by atoms with Crippen LogP contribution < -0.4 is 11.1 Å². The summed E-state index contributed by atoms with van der Waals surface area (Å²) in [5, 5.41) is 10.7. The highest BCUT2D eigenvalue weighted by molar-refractivity contribution is 6.04. The largest absolute Gasteiger partial charge is 0.364 e. The van der Waals surface area contributed by atoms with E-state index in [1.54, 1.807) is 0 Å². The van der Waals surface area contributed by atoms with Crippen molar-refractivity contribution in [1.82, 2.24) is 20.2 Å². The fourth-order valence-corrected chi connectivity index (χ4v) is 2.34. The lowest BCUT2D eigenvalue weighted by Gasteiger charge is -2.10. The number of nitrogens with two attached hydrogens (primary N) is 1. The molecule has 4 N–H and O–H groups in total. The van der Waals surface area contributed by atoms with Gasteiger partial charge < -0.3 is 11.1 Å². The third-order valence-corrected chi connectivity index (χ3v) is 3.46. The minimum Gasteiger partial charge on any atom is -0.364 e. The van der Waals surface area contributed by atoms with E-state index in [9.17, 15) is 4.79 Å². The molecular formula is C16H18N6O. The molecule has 118 valence electrons. The van der Waals surface area contributed by atoms with E-state index >= 15 is 0 Å². The smallest absolute Gasteiger partial charge is 0.269 e. The molecule has 23 heavy (non-hydrogen) atoms. The maximum Gasteiger partial charge on any atom is 0.269 e. The number of aromatic nitrogens is 4. The van der Waals surface area contributed by atoms with E-state index in [0.717, 1.165) is 22.7 Å². The molecule has 0 radical (unpaired) electrons. The molecule has 0 aliphatic heterocycles. The Hall–Kier alpha value is -2.96. The van der Waals surface area contributed by atoms with Gasteiger partial charge >= 0.3 is 0 Å². The number of aryl methyl sites for hydroxylation is 1. The molecule has 0 atom stereocenters. The van der Waals surface area contributed by atoms with Crippen molar-refractivity contribution in [3.8, 4) is 0 Å². The van der Waals surface area contributed by atoms with Gasteiger partial charge in [0.15, 0.2) is 5.69 Å². The zero-order valence-electron chi connectivity index (χ0n) is 13.2. The molecule has 0 saturated heterocycles. The number of fused-ring (bicyclic) bond motifs is 1. The zero-order valence-corrected chi connectivity index (χ0v) is 13.2. The molecule has 2 aromatic heterocycles. The van der Waals surface area contributed by atoms with Crippen molar-refractivity contribution in [3.63, 3.8) is 0 Å². The quantitative estimate of drug-likeness (QED) is 0.686. The number of primary amides is 1. The van der Waals surface area contributed by atoms with E-state index in [-0.39, 0.29) is 11.6 Å². The average molecular weight is 310 g/mol. The van der Waals surface area contributed by atoms with Crippen molar-refractivity contribution in [1.29, 1.82) is 0 Å². The Morgan fingerprint density at radius 1 is 1.26 bits per heavy atom. The van der Waals surface area contributed by atoms with Crippen molar-refractivity contribution < 1.29 is 4.79 Å². The highest BCUT2D eigenvalue weighted by atomic mass is 16.1. The topological polar surface area (TPSA) is 110 Å². The van der Waals surface area contributed by atoms with E-state index in [1.165, 1.54) is 0 Å². The van der Waals surface area contributed by atoms with Gasteiger partial charge in [-0.1, -0.05) is 13.8 Å². The predicted molar refractivity (Wildman–Crippen MR) is 88.8 cm³/mol. The van der Waals surface area contributed by atoms with E-state index in [0.29, 0.717) is 11.2 Å². The maximum absolute atomic E-state index is 11.4. The molecule has 0 aliphatic carbocycles. The van der Waals surface area contributed by atoms with Crippen LogP contribution in [-0.2, 0) is 0 Å². The number of nitrogens with zero attached hydrogens (tertiary/aromatic N) is 3. The first-order valence-corrected chi connectivity index (χ1v) is 7.34. The number of hydrogen-bond donors (Lipinski definition) is 3. The van der Waals surface area contributed by atoms with Crippen LogP contribution in [0.25, 0.3) is 10.9 Å². The number of carbonyl (C=O) groups is 1. The van der Waals surface area contributed by atoms with Gasteiger partial charge in [0.05, 0.1) is 5.52 Å². The first kappa shape index (κ1) is 15.0. The zero-order chi connectivity index (χ0) is 16.6. The van der Waals surface area contributed by atoms with Crippen LogP contribution in [0.15, 0.2) is 24.3 Å². The lowest BCUT2D eigenvalue weighted by Crippen LogP contribution is -2.11. The van der Waals surface area contributed by atoms with Gasteiger partial charge in [0.1, 0.15) is 11.6 Å². The normalized spacial score (nSPS) is 11.1. The fraction of sp³-hybridized carbons (Fsp3) is 0.250. The molecule has 0 unspecified atom stereocenters. The first-order valence-electron chi connectivity index (χ1n) is 7.34. The molecule has 1 amide bonds. The third-order valence-electron chi connectivity index (χ3n) is 3.46. The standard InChI is InChI=1S/C16H18N6O/c1-8(2)16-18-9(3)6-13(20-16)19-10-4-5-12-11(7-10)14(15(17)23)22-21-12/h4-8H,1-3H3,(H2,17,23)(H,21,22)(H,18,19,20). The monoisotopic (exact) mass is 310 g/mol. The van der Waals surface area contributed by atoms with Crippen LogP contribution in [0.1, 0.15) is 41.8 Å². The SMILES string of the molecule is Cc1cc(Nc2ccc3[nH]nc(C(N)=O)c3c2)nc(C(C)C)n1. The number of benzene rings is 1. The molecule has 7 nitrogen and oxygen atoms in total. The Morgan fingerprint density at radius 2 is 2.04 bits per heavy atom. The summed E-state index contributed by atoms with van der Waals surface area (Å²) >= 11 is 0. The Kier molecular flexibility index (Phi) is 3.69. The fourth-order valence-electron chi connectivity index (χ4n) is 2.34. The summed E-state index contributed by atoms with van der Waals surface area (Å²) < 4.78 is 0. The molecule has 0 bridgehead atoms. The molecule has 1 aromatic carbocycles. The van der Waals surface area contributed by atoms with Gasteiger partial charge in [-0.2, -0.15) is 5.10 Å². The van der Waals surface area contributed by atoms with Crippen molar-refractivity contribution in [3.05, 3.63) is 41.5 Å². The lowest BCUT2D eigenvalue weighted by molar-refractivity contribution is 0.0997. The Balaban J connectivity index is 1.98. The average Bonchev–Trinajstić information content (AvgIpc) is 2.89. The van der Waals surface area contributed by atoms with Gasteiger partial charge in [-0.25, -0.2) is 9.97 Å². The van der Waals surface area contributed by atoms with Crippen LogP contribution in [0.4, 0.5) is 11.5 Å². The summed E-state index contributed by atoms with van der Waals surface area (Å²) in [5.41, 5.74) is 8.02. The van der Waals surface area contributed by atoms with Gasteiger partial charge in [0, 0.05) is 28.8 Å². The molecular weight excluding hydrogens is 292 g/mol. The molecule has 0 fully saturated rings. The second-order valence-corrected chi connectivity index (χ2v) is 5.73. The summed E-state index contributed by atoms with van der Waals surface area (Å²) in [4.78, 5) is 20.4. The second kappa shape index (κ2) is 5.68. The van der Waals surface area contributed by atoms with Crippen molar-refractivity contribution in [2.45, 2.75) is 26.7 Å². The summed E-state index contributed by atoms with van der Waals surface area (Å²) in [7, 11) is 0. The lowest BCUT2D eigenvalue weighted by atomic mass is 10.2. The molecule has 3 rings (SSSR count). The van der Waals surface area contributed by atoms with Gasteiger partial charge in [0.2, 0.25) is 0 Å². The summed E-state index contributed by atoms with van der Waals surface area (Å²) in [6.07, 6.45) is 0. The molecule has 0 aliphatic rings. The Bertz CT molecular complexity index is 883. The minimum atomic E-state index is -0.562. The molecule has 0 spiro atoms. The molecule has 0 saturated carbocycles. The Morgan fingerprint density at radius 3 is 2.74 bits per heavy atom. The summed E-state index contributed by atoms with van der Waals surface area (Å²) in [6, 6.07) is 7.43. The molecule has 3 aromatic rings. The first-order chi connectivity index (χ1) is 10.9. The highest BCUT2D eigenvalue weighted by Crippen LogP contribution is 2.23. The van der Waals surface area contributed by atoms with E-state index in [4.69, 9.17) is 5.73 Å². The maximum atomic E-state index is 11.4. The molecule has 7 heteroatoms. The number of rotatable bonds is 4. The number of aromatic amines is 1. The van der Waals surface area contributed by atoms with Gasteiger partial charge in [-0.15, -0.1) is 0 Å². The van der Waals surface area contributed by atoms with E-state index in [2.05, 4.69) is 39.3 Å². The van der Waals surface area contributed by atoms with Gasteiger partial charge in [-0.05, 0) is 25.1 Å². The van der Waals surface area contributed by atoms with E-state index in [1.807, 2.05) is 31.2 Å².